The van der Waals surface area contributed by atoms with E-state index in [4.69, 9.17) is 0 Å². The minimum Gasteiger partial charge on any atom is -0.376 e. The van der Waals surface area contributed by atoms with Gasteiger partial charge in [-0.15, -0.1) is 0 Å². The van der Waals surface area contributed by atoms with Crippen LogP contribution in [0.3, 0.4) is 0 Å². The van der Waals surface area contributed by atoms with Crippen molar-refractivity contribution in [3.8, 4) is 11.1 Å². The molecule has 5 heteroatoms. The number of anilines is 2. The van der Waals surface area contributed by atoms with Crippen LogP contribution >= 0.6 is 0 Å². The fraction of sp³-hybridized carbons (Fsp3) is 0.130. The van der Waals surface area contributed by atoms with Crippen molar-refractivity contribution >= 4 is 23.2 Å². The van der Waals surface area contributed by atoms with Gasteiger partial charge < -0.3 is 16.0 Å². The molecule has 3 rings (SSSR count). The first-order valence-corrected chi connectivity index (χ1v) is 9.24. The number of carbonyl (C=O) groups is 2. The van der Waals surface area contributed by atoms with E-state index in [1.165, 1.54) is 0 Å². The van der Waals surface area contributed by atoms with E-state index in [1.807, 2.05) is 61.5 Å². The molecule has 0 aliphatic heterocycles. The van der Waals surface area contributed by atoms with Gasteiger partial charge in [0, 0.05) is 29.0 Å². The highest BCUT2D eigenvalue weighted by Gasteiger charge is 2.09. The molecule has 0 atom stereocenters. The number of rotatable bonds is 7. The van der Waals surface area contributed by atoms with Gasteiger partial charge in [-0.25, -0.2) is 0 Å². The lowest BCUT2D eigenvalue weighted by Crippen LogP contribution is -2.24. The summed E-state index contributed by atoms with van der Waals surface area (Å²) in [4.78, 5) is 24.3. The Hall–Kier alpha value is -3.60. The van der Waals surface area contributed by atoms with Gasteiger partial charge in [-0.05, 0) is 36.8 Å². The third-order valence-electron chi connectivity index (χ3n) is 4.20. The summed E-state index contributed by atoms with van der Waals surface area (Å²) in [5, 5.41) is 8.77. The Balaban J connectivity index is 1.64. The van der Waals surface area contributed by atoms with E-state index in [0.717, 1.165) is 16.8 Å². The molecular weight excluding hydrogens is 350 g/mol. The molecule has 0 radical (unpaired) electrons. The van der Waals surface area contributed by atoms with Crippen molar-refractivity contribution in [3.05, 3.63) is 84.4 Å². The van der Waals surface area contributed by atoms with Crippen molar-refractivity contribution in [2.24, 2.45) is 0 Å². The fourth-order valence-electron chi connectivity index (χ4n) is 2.89. The lowest BCUT2D eigenvalue weighted by Gasteiger charge is -2.13. The predicted octanol–water partition coefficient (Wildman–Crippen LogP) is 4.15. The molecule has 0 bridgehead atoms. The van der Waals surface area contributed by atoms with E-state index in [2.05, 4.69) is 16.0 Å². The van der Waals surface area contributed by atoms with Crippen molar-refractivity contribution in [3.63, 3.8) is 0 Å². The molecule has 2 amide bonds. The van der Waals surface area contributed by atoms with Gasteiger partial charge in [0.25, 0.3) is 5.91 Å². The van der Waals surface area contributed by atoms with Gasteiger partial charge in [0.1, 0.15) is 0 Å². The van der Waals surface area contributed by atoms with Crippen LogP contribution in [0.5, 0.6) is 0 Å². The largest absolute Gasteiger partial charge is 0.376 e. The first-order chi connectivity index (χ1) is 13.7. The lowest BCUT2D eigenvalue weighted by molar-refractivity contribution is -0.114. The van der Waals surface area contributed by atoms with E-state index in [1.54, 1.807) is 24.3 Å². The molecule has 0 aromatic heterocycles. The lowest BCUT2D eigenvalue weighted by atomic mass is 10.0. The smallest absolute Gasteiger partial charge is 0.251 e. The Morgan fingerprint density at radius 1 is 0.857 bits per heavy atom. The maximum Gasteiger partial charge on any atom is 0.251 e. The zero-order valence-electron chi connectivity index (χ0n) is 15.7. The average Bonchev–Trinajstić information content (AvgIpc) is 2.73. The molecule has 3 aromatic carbocycles. The molecule has 0 saturated heterocycles. The van der Waals surface area contributed by atoms with E-state index in [9.17, 15) is 9.59 Å². The number of para-hydroxylation sites is 1. The van der Waals surface area contributed by atoms with Crippen LogP contribution in [0.1, 0.15) is 17.3 Å². The highest BCUT2D eigenvalue weighted by Crippen LogP contribution is 2.27. The summed E-state index contributed by atoms with van der Waals surface area (Å²) in [7, 11) is 0. The van der Waals surface area contributed by atoms with E-state index >= 15 is 0 Å². The van der Waals surface area contributed by atoms with Crippen LogP contribution in [0, 0.1) is 0 Å². The summed E-state index contributed by atoms with van der Waals surface area (Å²) in [6.45, 7) is 2.54. The molecule has 0 fully saturated rings. The van der Waals surface area contributed by atoms with Crippen molar-refractivity contribution < 1.29 is 9.59 Å². The molecular formula is C23H23N3O2. The maximum atomic E-state index is 12.4. The van der Waals surface area contributed by atoms with Crippen LogP contribution in [-0.4, -0.2) is 24.9 Å². The van der Waals surface area contributed by atoms with Gasteiger partial charge in [-0.2, -0.15) is 0 Å². The molecule has 3 aromatic rings. The topological polar surface area (TPSA) is 70.2 Å². The molecule has 0 heterocycles. The predicted molar refractivity (Wildman–Crippen MR) is 113 cm³/mol. The normalized spacial score (nSPS) is 10.2. The number of carbonyl (C=O) groups excluding carboxylic acids is 2. The molecule has 142 valence electrons. The van der Waals surface area contributed by atoms with Crippen LogP contribution in [0.15, 0.2) is 78.9 Å². The van der Waals surface area contributed by atoms with Crippen molar-refractivity contribution in [1.29, 1.82) is 0 Å². The number of amides is 2. The molecule has 3 N–H and O–H groups in total. The second kappa shape index (κ2) is 9.37. The molecule has 0 spiro atoms. The summed E-state index contributed by atoms with van der Waals surface area (Å²) >= 11 is 0. The monoisotopic (exact) mass is 373 g/mol. The summed E-state index contributed by atoms with van der Waals surface area (Å²) in [6.07, 6.45) is 0. The third kappa shape index (κ3) is 4.98. The molecule has 28 heavy (non-hydrogen) atoms. The van der Waals surface area contributed by atoms with Gasteiger partial charge in [-0.1, -0.05) is 54.6 Å². The first kappa shape index (κ1) is 19.2. The van der Waals surface area contributed by atoms with Crippen LogP contribution in [-0.2, 0) is 4.79 Å². The summed E-state index contributed by atoms with van der Waals surface area (Å²) in [6, 6.07) is 24.8. The van der Waals surface area contributed by atoms with Gasteiger partial charge >= 0.3 is 0 Å². The second-order valence-corrected chi connectivity index (χ2v) is 6.25. The SMILES string of the molecule is CCNC(=O)c1cccc(NC(=O)CNc2ccccc2-c2ccccc2)c1. The Kier molecular flexibility index (Phi) is 6.41. The Labute approximate surface area is 164 Å². The van der Waals surface area contributed by atoms with Gasteiger partial charge in [0.05, 0.1) is 6.54 Å². The highest BCUT2D eigenvalue weighted by atomic mass is 16.2. The number of benzene rings is 3. The van der Waals surface area contributed by atoms with E-state index in [0.29, 0.717) is 17.8 Å². The van der Waals surface area contributed by atoms with Gasteiger partial charge in [-0.3, -0.25) is 9.59 Å². The molecule has 5 nitrogen and oxygen atoms in total. The number of hydrogen-bond donors (Lipinski definition) is 3. The molecule has 0 unspecified atom stereocenters. The quantitative estimate of drug-likeness (QED) is 0.583. The van der Waals surface area contributed by atoms with Crippen molar-refractivity contribution in [2.75, 3.05) is 23.7 Å². The van der Waals surface area contributed by atoms with E-state index in [-0.39, 0.29) is 18.4 Å². The molecule has 0 aliphatic carbocycles. The Morgan fingerprint density at radius 2 is 1.61 bits per heavy atom. The molecule has 0 aliphatic rings. The van der Waals surface area contributed by atoms with E-state index < -0.39 is 0 Å². The third-order valence-corrected chi connectivity index (χ3v) is 4.20. The number of hydrogen-bond acceptors (Lipinski definition) is 3. The summed E-state index contributed by atoms with van der Waals surface area (Å²) < 4.78 is 0. The van der Waals surface area contributed by atoms with Crippen LogP contribution in [0.2, 0.25) is 0 Å². The minimum atomic E-state index is -0.184. The average molecular weight is 373 g/mol. The Morgan fingerprint density at radius 3 is 2.39 bits per heavy atom. The zero-order chi connectivity index (χ0) is 19.8. The zero-order valence-corrected chi connectivity index (χ0v) is 15.7. The maximum absolute atomic E-state index is 12.4. The van der Waals surface area contributed by atoms with Crippen LogP contribution in [0.4, 0.5) is 11.4 Å². The van der Waals surface area contributed by atoms with Crippen LogP contribution < -0.4 is 16.0 Å². The highest BCUT2D eigenvalue weighted by molar-refractivity contribution is 5.98. The van der Waals surface area contributed by atoms with Crippen molar-refractivity contribution in [1.82, 2.24) is 5.32 Å². The number of nitrogens with one attached hydrogen (secondary N) is 3. The van der Waals surface area contributed by atoms with Crippen LogP contribution in [0.25, 0.3) is 11.1 Å². The first-order valence-electron chi connectivity index (χ1n) is 9.24. The Bertz CT molecular complexity index is 955. The van der Waals surface area contributed by atoms with Gasteiger partial charge in [0.2, 0.25) is 5.91 Å². The molecule has 0 saturated carbocycles. The summed E-state index contributed by atoms with van der Waals surface area (Å²) in [5.41, 5.74) is 4.11. The minimum absolute atomic E-state index is 0.120. The second-order valence-electron chi connectivity index (χ2n) is 6.25. The fourth-order valence-corrected chi connectivity index (χ4v) is 2.89. The summed E-state index contributed by atoms with van der Waals surface area (Å²) in [5.74, 6) is -0.343. The van der Waals surface area contributed by atoms with Gasteiger partial charge in [0.15, 0.2) is 0 Å². The standard InChI is InChI=1S/C23H23N3O2/c1-2-24-23(28)18-11-8-12-19(15-18)26-22(27)16-25-21-14-7-6-13-20(21)17-9-4-3-5-10-17/h3-15,25H,2,16H2,1H3,(H,24,28)(H,26,27). The van der Waals surface area contributed by atoms with Crippen molar-refractivity contribution in [2.45, 2.75) is 6.92 Å².